The summed E-state index contributed by atoms with van der Waals surface area (Å²) in [6.07, 6.45) is 1.35. The van der Waals surface area contributed by atoms with Crippen LogP contribution >= 0.6 is 23.1 Å². The molecule has 0 fully saturated rings. The molecule has 0 aliphatic heterocycles. The lowest BCUT2D eigenvalue weighted by molar-refractivity contribution is -0.118. The van der Waals surface area contributed by atoms with Crippen molar-refractivity contribution in [3.05, 3.63) is 90.0 Å². The van der Waals surface area contributed by atoms with E-state index < -0.39 is 0 Å². The molecule has 1 amide bonds. The minimum absolute atomic E-state index is 0.132. The van der Waals surface area contributed by atoms with Gasteiger partial charge in [0, 0.05) is 11.3 Å². The first-order valence-corrected chi connectivity index (χ1v) is 12.8. The van der Waals surface area contributed by atoms with Crippen molar-refractivity contribution in [1.82, 2.24) is 4.98 Å². The van der Waals surface area contributed by atoms with Crippen molar-refractivity contribution in [2.24, 2.45) is 0 Å². The molecule has 5 heteroatoms. The minimum Gasteiger partial charge on any atom is -0.284 e. The lowest BCUT2D eigenvalue weighted by atomic mass is 10.0. The van der Waals surface area contributed by atoms with Crippen molar-refractivity contribution in [3.8, 4) is 0 Å². The van der Waals surface area contributed by atoms with Gasteiger partial charge in [-0.25, -0.2) is 4.98 Å². The lowest BCUT2D eigenvalue weighted by Crippen LogP contribution is -2.30. The third kappa shape index (κ3) is 5.59. The van der Waals surface area contributed by atoms with E-state index in [1.54, 1.807) is 23.1 Å². The predicted molar refractivity (Wildman–Crippen MR) is 138 cm³/mol. The molecule has 32 heavy (non-hydrogen) atoms. The summed E-state index contributed by atoms with van der Waals surface area (Å²) in [6, 6.07) is 26.9. The second kappa shape index (κ2) is 10.8. The summed E-state index contributed by atoms with van der Waals surface area (Å²) < 4.78 is 1.14. The van der Waals surface area contributed by atoms with Gasteiger partial charge in [-0.2, -0.15) is 0 Å². The molecular weight excluding hydrogens is 432 g/mol. The van der Waals surface area contributed by atoms with E-state index in [0.29, 0.717) is 18.9 Å². The molecule has 0 unspecified atom stereocenters. The second-order valence-electron chi connectivity index (χ2n) is 8.08. The first-order valence-electron chi connectivity index (χ1n) is 11.0. The maximum Gasteiger partial charge on any atom is 0.229 e. The topological polar surface area (TPSA) is 33.2 Å². The van der Waals surface area contributed by atoms with Crippen molar-refractivity contribution in [3.63, 3.8) is 0 Å². The number of benzene rings is 3. The van der Waals surface area contributed by atoms with Gasteiger partial charge in [-0.15, -0.1) is 11.8 Å². The molecule has 0 aliphatic rings. The van der Waals surface area contributed by atoms with E-state index in [1.165, 1.54) is 10.5 Å². The highest BCUT2D eigenvalue weighted by Gasteiger charge is 2.21. The fourth-order valence-corrected chi connectivity index (χ4v) is 5.52. The Labute approximate surface area is 198 Å². The van der Waals surface area contributed by atoms with E-state index in [2.05, 4.69) is 56.3 Å². The number of para-hydroxylation sites is 1. The number of hydrogen-bond acceptors (Lipinski definition) is 4. The van der Waals surface area contributed by atoms with Crippen molar-refractivity contribution in [2.75, 3.05) is 10.7 Å². The van der Waals surface area contributed by atoms with E-state index in [0.717, 1.165) is 33.1 Å². The number of aromatic nitrogens is 1. The van der Waals surface area contributed by atoms with Crippen LogP contribution in [-0.4, -0.2) is 16.6 Å². The SMILES string of the molecule is CC(C)c1cccc2sc(N(Cc3ccccc3)C(=O)CCCSc3ccccc3)nc12. The quantitative estimate of drug-likeness (QED) is 0.191. The second-order valence-corrected chi connectivity index (χ2v) is 10.3. The normalized spacial score (nSPS) is 11.2. The molecule has 1 aromatic heterocycles. The average Bonchev–Trinajstić information content (AvgIpc) is 3.25. The first-order chi connectivity index (χ1) is 15.6. The Morgan fingerprint density at radius 3 is 2.41 bits per heavy atom. The van der Waals surface area contributed by atoms with Crippen LogP contribution in [0.15, 0.2) is 83.8 Å². The number of nitrogens with zero attached hydrogens (tertiary/aromatic N) is 2. The molecule has 0 saturated carbocycles. The molecule has 0 radical (unpaired) electrons. The summed E-state index contributed by atoms with van der Waals surface area (Å²) in [4.78, 5) is 21.4. The maximum atomic E-state index is 13.3. The van der Waals surface area contributed by atoms with Crippen LogP contribution in [-0.2, 0) is 11.3 Å². The lowest BCUT2D eigenvalue weighted by Gasteiger charge is -2.20. The fraction of sp³-hybridized carbons (Fsp3) is 0.259. The number of rotatable bonds is 9. The summed E-state index contributed by atoms with van der Waals surface area (Å²) in [5.41, 5.74) is 3.37. The van der Waals surface area contributed by atoms with Gasteiger partial charge in [0.25, 0.3) is 0 Å². The Kier molecular flexibility index (Phi) is 7.61. The van der Waals surface area contributed by atoms with Crippen LogP contribution in [0, 0.1) is 0 Å². The van der Waals surface area contributed by atoms with Crippen molar-refractivity contribution in [1.29, 1.82) is 0 Å². The highest BCUT2D eigenvalue weighted by atomic mass is 32.2. The van der Waals surface area contributed by atoms with Gasteiger partial charge in [-0.3, -0.25) is 9.69 Å². The molecule has 3 aromatic carbocycles. The van der Waals surface area contributed by atoms with Crippen LogP contribution in [0.25, 0.3) is 10.2 Å². The number of carbonyl (C=O) groups excluding carboxylic acids is 1. The maximum absolute atomic E-state index is 13.3. The Bertz CT molecular complexity index is 1160. The molecule has 0 aliphatic carbocycles. The number of carbonyl (C=O) groups is 1. The fourth-order valence-electron chi connectivity index (χ4n) is 3.63. The number of thiazole rings is 1. The molecule has 0 N–H and O–H groups in total. The van der Waals surface area contributed by atoms with Gasteiger partial charge < -0.3 is 0 Å². The highest BCUT2D eigenvalue weighted by Crippen LogP contribution is 2.34. The summed E-state index contributed by atoms with van der Waals surface area (Å²) in [7, 11) is 0. The van der Waals surface area contributed by atoms with E-state index in [9.17, 15) is 4.79 Å². The van der Waals surface area contributed by atoms with Crippen LogP contribution < -0.4 is 4.90 Å². The van der Waals surface area contributed by atoms with E-state index in [-0.39, 0.29) is 5.91 Å². The molecule has 1 heterocycles. The molecule has 0 bridgehead atoms. The zero-order valence-corrected chi connectivity index (χ0v) is 20.2. The Morgan fingerprint density at radius 2 is 1.69 bits per heavy atom. The van der Waals surface area contributed by atoms with Gasteiger partial charge in [0.2, 0.25) is 5.91 Å². The zero-order chi connectivity index (χ0) is 22.3. The van der Waals surface area contributed by atoms with E-state index in [1.807, 2.05) is 41.3 Å². The van der Waals surface area contributed by atoms with Crippen molar-refractivity contribution in [2.45, 2.75) is 44.0 Å². The Balaban J connectivity index is 1.53. The van der Waals surface area contributed by atoms with Gasteiger partial charge in [-0.05, 0) is 47.4 Å². The highest BCUT2D eigenvalue weighted by molar-refractivity contribution is 7.99. The van der Waals surface area contributed by atoms with Gasteiger partial charge in [0.15, 0.2) is 5.13 Å². The number of hydrogen-bond donors (Lipinski definition) is 0. The predicted octanol–water partition coefficient (Wildman–Crippen LogP) is 7.53. The van der Waals surface area contributed by atoms with Crippen LogP contribution in [0.3, 0.4) is 0 Å². The van der Waals surface area contributed by atoms with Crippen LogP contribution in [0.4, 0.5) is 5.13 Å². The standard InChI is InChI=1S/C27H28N2OS2/c1-20(2)23-15-9-16-24-26(23)28-27(32-24)29(19-21-11-5-3-6-12-21)25(30)17-10-18-31-22-13-7-4-8-14-22/h3-9,11-16,20H,10,17-19H2,1-2H3. The molecule has 0 saturated heterocycles. The van der Waals surface area contributed by atoms with Crippen molar-refractivity contribution >= 4 is 44.4 Å². The summed E-state index contributed by atoms with van der Waals surface area (Å²) in [6.45, 7) is 4.92. The summed E-state index contributed by atoms with van der Waals surface area (Å²) >= 11 is 3.41. The molecule has 4 aromatic rings. The van der Waals surface area contributed by atoms with E-state index in [4.69, 9.17) is 4.98 Å². The average molecular weight is 461 g/mol. The van der Waals surface area contributed by atoms with Gasteiger partial charge in [0.1, 0.15) is 0 Å². The number of amides is 1. The van der Waals surface area contributed by atoms with Crippen LogP contribution in [0.2, 0.25) is 0 Å². The monoisotopic (exact) mass is 460 g/mol. The third-order valence-electron chi connectivity index (χ3n) is 5.32. The summed E-state index contributed by atoms with van der Waals surface area (Å²) in [5, 5.41) is 0.790. The molecule has 0 spiro atoms. The van der Waals surface area contributed by atoms with Crippen LogP contribution in [0.1, 0.15) is 43.7 Å². The molecular formula is C27H28N2OS2. The van der Waals surface area contributed by atoms with Gasteiger partial charge in [0.05, 0.1) is 16.8 Å². The summed E-state index contributed by atoms with van der Waals surface area (Å²) in [5.74, 6) is 1.45. The zero-order valence-electron chi connectivity index (χ0n) is 18.5. The molecule has 164 valence electrons. The molecule has 3 nitrogen and oxygen atoms in total. The Morgan fingerprint density at radius 1 is 0.969 bits per heavy atom. The van der Waals surface area contributed by atoms with Gasteiger partial charge in [-0.1, -0.05) is 85.8 Å². The van der Waals surface area contributed by atoms with E-state index >= 15 is 0 Å². The Hall–Kier alpha value is -2.63. The smallest absolute Gasteiger partial charge is 0.229 e. The molecule has 4 rings (SSSR count). The number of anilines is 1. The minimum atomic E-state index is 0.132. The largest absolute Gasteiger partial charge is 0.284 e. The first kappa shape index (κ1) is 22.6. The van der Waals surface area contributed by atoms with Gasteiger partial charge >= 0.3 is 0 Å². The van der Waals surface area contributed by atoms with Crippen molar-refractivity contribution < 1.29 is 4.79 Å². The molecule has 0 atom stereocenters. The number of fused-ring (bicyclic) bond motifs is 1. The third-order valence-corrected chi connectivity index (χ3v) is 7.47. The number of thioether (sulfide) groups is 1. The van der Waals surface area contributed by atoms with Crippen LogP contribution in [0.5, 0.6) is 0 Å².